The molecule has 0 spiro atoms. The SMILES string of the molecule is CN(C)CCNc1ccc(CO)cc1[N+](=O)[O-]. The molecule has 2 N–H and O–H groups in total. The molecule has 0 aromatic heterocycles. The van der Waals surface area contributed by atoms with Crippen molar-refractivity contribution in [3.05, 3.63) is 33.9 Å². The third kappa shape index (κ3) is 4.01. The lowest BCUT2D eigenvalue weighted by Gasteiger charge is -2.11. The maximum atomic E-state index is 10.9. The van der Waals surface area contributed by atoms with E-state index in [0.717, 1.165) is 6.54 Å². The van der Waals surface area contributed by atoms with Gasteiger partial charge in [-0.3, -0.25) is 10.1 Å². The highest BCUT2D eigenvalue weighted by atomic mass is 16.6. The number of nitrogens with zero attached hydrogens (tertiary/aromatic N) is 2. The first-order valence-corrected chi connectivity index (χ1v) is 5.31. The van der Waals surface area contributed by atoms with Gasteiger partial charge in [-0.05, 0) is 25.7 Å². The number of benzene rings is 1. The maximum absolute atomic E-state index is 10.9. The van der Waals surface area contributed by atoms with Crippen LogP contribution in [-0.2, 0) is 6.61 Å². The number of rotatable bonds is 6. The first-order chi connectivity index (χ1) is 8.04. The van der Waals surface area contributed by atoms with Gasteiger partial charge in [-0.1, -0.05) is 6.07 Å². The number of nitro benzene ring substituents is 1. The minimum Gasteiger partial charge on any atom is -0.392 e. The zero-order valence-electron chi connectivity index (χ0n) is 10.0. The Balaban J connectivity index is 2.80. The Labute approximate surface area is 100 Å². The van der Waals surface area contributed by atoms with Crippen LogP contribution in [0, 0.1) is 10.1 Å². The maximum Gasteiger partial charge on any atom is 0.292 e. The number of nitro groups is 1. The van der Waals surface area contributed by atoms with Gasteiger partial charge in [-0.15, -0.1) is 0 Å². The van der Waals surface area contributed by atoms with Gasteiger partial charge in [-0.2, -0.15) is 0 Å². The van der Waals surface area contributed by atoms with Gasteiger partial charge < -0.3 is 15.3 Å². The third-order valence-corrected chi connectivity index (χ3v) is 2.32. The Hall–Kier alpha value is -1.66. The number of hydrogen-bond acceptors (Lipinski definition) is 5. The molecule has 0 radical (unpaired) electrons. The van der Waals surface area contributed by atoms with Crippen LogP contribution in [-0.4, -0.2) is 42.1 Å². The van der Waals surface area contributed by atoms with E-state index in [-0.39, 0.29) is 12.3 Å². The molecule has 0 amide bonds. The van der Waals surface area contributed by atoms with Crippen molar-refractivity contribution >= 4 is 11.4 Å². The summed E-state index contributed by atoms with van der Waals surface area (Å²) in [5.74, 6) is 0. The van der Waals surface area contributed by atoms with Crippen molar-refractivity contribution in [2.24, 2.45) is 0 Å². The Kier molecular flexibility index (Phi) is 4.86. The number of aliphatic hydroxyl groups excluding tert-OH is 1. The highest BCUT2D eigenvalue weighted by Crippen LogP contribution is 2.25. The van der Waals surface area contributed by atoms with Crippen molar-refractivity contribution < 1.29 is 10.0 Å². The summed E-state index contributed by atoms with van der Waals surface area (Å²) < 4.78 is 0. The molecule has 0 saturated heterocycles. The Morgan fingerprint density at radius 1 is 1.47 bits per heavy atom. The minimum atomic E-state index is -0.447. The van der Waals surface area contributed by atoms with Gasteiger partial charge in [0, 0.05) is 19.2 Å². The van der Waals surface area contributed by atoms with Crippen LogP contribution in [0.15, 0.2) is 18.2 Å². The van der Waals surface area contributed by atoms with Crippen LogP contribution in [0.1, 0.15) is 5.56 Å². The molecular formula is C11H17N3O3. The van der Waals surface area contributed by atoms with E-state index >= 15 is 0 Å². The second-order valence-corrected chi connectivity index (χ2v) is 4.00. The normalized spacial score (nSPS) is 10.6. The molecule has 0 unspecified atom stereocenters. The van der Waals surface area contributed by atoms with Crippen molar-refractivity contribution in [2.45, 2.75) is 6.61 Å². The predicted octanol–water partition coefficient (Wildman–Crippen LogP) is 1.06. The van der Waals surface area contributed by atoms with Crippen LogP contribution in [0.4, 0.5) is 11.4 Å². The molecule has 1 rings (SSSR count). The van der Waals surface area contributed by atoms with E-state index in [9.17, 15) is 10.1 Å². The van der Waals surface area contributed by atoms with E-state index < -0.39 is 4.92 Å². The molecule has 1 aromatic carbocycles. The monoisotopic (exact) mass is 239 g/mol. The summed E-state index contributed by atoms with van der Waals surface area (Å²) in [7, 11) is 3.87. The van der Waals surface area contributed by atoms with Gasteiger partial charge in [0.1, 0.15) is 5.69 Å². The van der Waals surface area contributed by atoms with Gasteiger partial charge in [-0.25, -0.2) is 0 Å². The van der Waals surface area contributed by atoms with Crippen LogP contribution < -0.4 is 5.32 Å². The fourth-order valence-electron chi connectivity index (χ4n) is 1.39. The summed E-state index contributed by atoms with van der Waals surface area (Å²) in [4.78, 5) is 12.4. The Morgan fingerprint density at radius 2 is 2.18 bits per heavy atom. The topological polar surface area (TPSA) is 78.6 Å². The van der Waals surface area contributed by atoms with Gasteiger partial charge in [0.25, 0.3) is 5.69 Å². The molecule has 94 valence electrons. The molecule has 0 atom stereocenters. The Morgan fingerprint density at radius 3 is 2.71 bits per heavy atom. The molecule has 0 bridgehead atoms. The highest BCUT2D eigenvalue weighted by molar-refractivity contribution is 5.62. The molecule has 1 aromatic rings. The summed E-state index contributed by atoms with van der Waals surface area (Å²) in [5.41, 5.74) is 1.01. The molecule has 6 heteroatoms. The summed E-state index contributed by atoms with van der Waals surface area (Å²) in [6, 6.07) is 4.68. The average Bonchev–Trinajstić information content (AvgIpc) is 2.28. The van der Waals surface area contributed by atoms with Crippen LogP contribution in [0.3, 0.4) is 0 Å². The van der Waals surface area contributed by atoms with Crippen molar-refractivity contribution in [3.63, 3.8) is 0 Å². The van der Waals surface area contributed by atoms with Crippen LogP contribution >= 0.6 is 0 Å². The molecule has 6 nitrogen and oxygen atoms in total. The van der Waals surface area contributed by atoms with E-state index in [0.29, 0.717) is 17.8 Å². The first kappa shape index (κ1) is 13.4. The number of hydrogen-bond donors (Lipinski definition) is 2. The van der Waals surface area contributed by atoms with Crippen molar-refractivity contribution in [1.82, 2.24) is 4.90 Å². The van der Waals surface area contributed by atoms with Crippen molar-refractivity contribution in [2.75, 3.05) is 32.5 Å². The van der Waals surface area contributed by atoms with Gasteiger partial charge in [0.05, 0.1) is 11.5 Å². The molecule has 0 aliphatic carbocycles. The molecule has 0 fully saturated rings. The van der Waals surface area contributed by atoms with E-state index in [2.05, 4.69) is 5.32 Å². The van der Waals surface area contributed by atoms with E-state index in [4.69, 9.17) is 5.11 Å². The first-order valence-electron chi connectivity index (χ1n) is 5.31. The Bertz CT molecular complexity index is 394. The van der Waals surface area contributed by atoms with Crippen molar-refractivity contribution in [3.8, 4) is 0 Å². The second kappa shape index (κ2) is 6.17. The quantitative estimate of drug-likeness (QED) is 0.573. The summed E-state index contributed by atoms with van der Waals surface area (Å²) in [6.45, 7) is 1.23. The van der Waals surface area contributed by atoms with E-state index in [1.54, 1.807) is 12.1 Å². The number of likely N-dealkylation sites (N-methyl/N-ethyl adjacent to an activating group) is 1. The fraction of sp³-hybridized carbons (Fsp3) is 0.455. The lowest BCUT2D eigenvalue weighted by Crippen LogP contribution is -2.21. The zero-order chi connectivity index (χ0) is 12.8. The number of nitrogens with one attached hydrogen (secondary N) is 1. The average molecular weight is 239 g/mol. The largest absolute Gasteiger partial charge is 0.392 e. The van der Waals surface area contributed by atoms with E-state index in [1.807, 2.05) is 19.0 Å². The van der Waals surface area contributed by atoms with Crippen LogP contribution in [0.5, 0.6) is 0 Å². The zero-order valence-corrected chi connectivity index (χ0v) is 10.0. The van der Waals surface area contributed by atoms with Crippen molar-refractivity contribution in [1.29, 1.82) is 0 Å². The fourth-order valence-corrected chi connectivity index (χ4v) is 1.39. The lowest BCUT2D eigenvalue weighted by molar-refractivity contribution is -0.384. The van der Waals surface area contributed by atoms with Gasteiger partial charge in [0.15, 0.2) is 0 Å². The molecule has 0 heterocycles. The van der Waals surface area contributed by atoms with Gasteiger partial charge in [0.2, 0.25) is 0 Å². The number of aliphatic hydroxyl groups is 1. The van der Waals surface area contributed by atoms with E-state index in [1.165, 1.54) is 6.07 Å². The molecule has 0 aliphatic rings. The van der Waals surface area contributed by atoms with Crippen LogP contribution in [0.25, 0.3) is 0 Å². The molecular weight excluding hydrogens is 222 g/mol. The van der Waals surface area contributed by atoms with Crippen LogP contribution in [0.2, 0.25) is 0 Å². The molecule has 0 saturated carbocycles. The highest BCUT2D eigenvalue weighted by Gasteiger charge is 2.13. The smallest absolute Gasteiger partial charge is 0.292 e. The number of anilines is 1. The summed E-state index contributed by atoms with van der Waals surface area (Å²) >= 11 is 0. The van der Waals surface area contributed by atoms with Gasteiger partial charge >= 0.3 is 0 Å². The molecule has 17 heavy (non-hydrogen) atoms. The predicted molar refractivity (Wildman–Crippen MR) is 66.1 cm³/mol. The third-order valence-electron chi connectivity index (χ3n) is 2.32. The summed E-state index contributed by atoms with van der Waals surface area (Å²) in [6.07, 6.45) is 0. The second-order valence-electron chi connectivity index (χ2n) is 4.00. The molecule has 0 aliphatic heterocycles. The summed E-state index contributed by atoms with van der Waals surface area (Å²) in [5, 5.41) is 22.8. The lowest BCUT2D eigenvalue weighted by atomic mass is 10.2. The standard InChI is InChI=1S/C11H17N3O3/c1-13(2)6-5-12-10-4-3-9(8-15)7-11(10)14(16)17/h3-4,7,12,15H,5-6,8H2,1-2H3. The minimum absolute atomic E-state index is 0.00435.